The molecule has 0 saturated carbocycles. The molecule has 12 heavy (non-hydrogen) atoms. The van der Waals surface area contributed by atoms with E-state index in [1.54, 1.807) is 16.9 Å². The third-order valence-corrected chi connectivity index (χ3v) is 1.24. The second-order valence-electron chi connectivity index (χ2n) is 2.07. The Labute approximate surface area is 71.3 Å². The van der Waals surface area contributed by atoms with Crippen molar-refractivity contribution in [1.29, 1.82) is 0 Å². The van der Waals surface area contributed by atoms with Crippen LogP contribution in [-0.4, -0.2) is 19.6 Å². The molecule has 0 aliphatic heterocycles. The lowest BCUT2D eigenvalue weighted by Crippen LogP contribution is -1.89. The molecule has 0 N–H and O–H groups in total. The van der Waals surface area contributed by atoms with Crippen LogP contribution in [0.4, 0.5) is 0 Å². The van der Waals surface area contributed by atoms with Crippen LogP contribution in [0.2, 0.25) is 0 Å². The number of imidazole rings is 1. The van der Waals surface area contributed by atoms with Gasteiger partial charge >= 0.3 is 0 Å². The van der Waals surface area contributed by atoms with Crippen LogP contribution in [0.5, 0.6) is 0 Å². The number of aromatic nitrogens is 4. The monoisotopic (exact) mass is 164 g/mol. The Bertz CT molecular complexity index is 320. The molecule has 0 atom stereocenters. The Balaban J connectivity index is 0.000000336. The van der Waals surface area contributed by atoms with Gasteiger partial charge in [-0.15, -0.1) is 0 Å². The highest BCUT2D eigenvalue weighted by atomic mass is 15.3. The van der Waals surface area contributed by atoms with E-state index in [4.69, 9.17) is 0 Å². The SMILES string of the molecule is CC.Cc1cn2nccnc2n1. The molecule has 2 heterocycles. The second kappa shape index (κ2) is 3.80. The molecule has 0 bridgehead atoms. The van der Waals surface area contributed by atoms with E-state index in [9.17, 15) is 0 Å². The van der Waals surface area contributed by atoms with E-state index < -0.39 is 0 Å². The van der Waals surface area contributed by atoms with Crippen LogP contribution >= 0.6 is 0 Å². The molecule has 0 amide bonds. The van der Waals surface area contributed by atoms with Crippen molar-refractivity contribution in [1.82, 2.24) is 19.6 Å². The van der Waals surface area contributed by atoms with Gasteiger partial charge in [0, 0.05) is 0 Å². The summed E-state index contributed by atoms with van der Waals surface area (Å²) in [6.07, 6.45) is 5.10. The highest BCUT2D eigenvalue weighted by Crippen LogP contribution is 1.95. The summed E-state index contributed by atoms with van der Waals surface area (Å²) in [5.74, 6) is 0.653. The van der Waals surface area contributed by atoms with Crippen molar-refractivity contribution >= 4 is 5.78 Å². The largest absolute Gasteiger partial charge is 0.250 e. The van der Waals surface area contributed by atoms with Crippen LogP contribution in [0, 0.1) is 6.92 Å². The quantitative estimate of drug-likeness (QED) is 0.592. The summed E-state index contributed by atoms with van der Waals surface area (Å²) < 4.78 is 1.65. The maximum atomic E-state index is 4.10. The normalized spacial score (nSPS) is 9.25. The van der Waals surface area contributed by atoms with Crippen LogP contribution in [0.3, 0.4) is 0 Å². The maximum absolute atomic E-state index is 4.10. The highest BCUT2D eigenvalue weighted by molar-refractivity contribution is 5.26. The molecule has 4 heteroatoms. The first-order valence-electron chi connectivity index (χ1n) is 3.99. The molecule has 0 spiro atoms. The van der Waals surface area contributed by atoms with Crippen LogP contribution in [-0.2, 0) is 0 Å². The minimum atomic E-state index is 0.653. The average Bonchev–Trinajstić information content (AvgIpc) is 2.48. The summed E-state index contributed by atoms with van der Waals surface area (Å²) >= 11 is 0. The Morgan fingerprint density at radius 2 is 2.00 bits per heavy atom. The fraction of sp³-hybridized carbons (Fsp3) is 0.375. The first kappa shape index (κ1) is 8.64. The number of aryl methyl sites for hydroxylation is 1. The number of fused-ring (bicyclic) bond motifs is 1. The maximum Gasteiger partial charge on any atom is 0.250 e. The molecule has 2 aromatic rings. The molecule has 2 aromatic heterocycles. The van der Waals surface area contributed by atoms with Crippen molar-refractivity contribution in [2.45, 2.75) is 20.8 Å². The molecule has 4 nitrogen and oxygen atoms in total. The standard InChI is InChI=1S/C6H6N4.C2H6/c1-5-4-10-6(9-5)7-2-3-8-10;1-2/h2-4H,1H3;1-2H3. The summed E-state index contributed by atoms with van der Waals surface area (Å²) in [6.45, 7) is 5.91. The zero-order valence-electron chi connectivity index (χ0n) is 7.52. The van der Waals surface area contributed by atoms with Crippen LogP contribution in [0.15, 0.2) is 18.6 Å². The van der Waals surface area contributed by atoms with E-state index in [0.717, 1.165) is 5.69 Å². The highest BCUT2D eigenvalue weighted by Gasteiger charge is 1.95. The minimum Gasteiger partial charge on any atom is -0.218 e. The van der Waals surface area contributed by atoms with Crippen molar-refractivity contribution in [3.8, 4) is 0 Å². The van der Waals surface area contributed by atoms with Crippen LogP contribution in [0.25, 0.3) is 5.78 Å². The molecule has 0 saturated heterocycles. The van der Waals surface area contributed by atoms with E-state index in [0.29, 0.717) is 5.78 Å². The van der Waals surface area contributed by atoms with Gasteiger partial charge in [0.25, 0.3) is 5.78 Å². The van der Waals surface area contributed by atoms with Gasteiger partial charge in [-0.2, -0.15) is 5.10 Å². The fourth-order valence-corrected chi connectivity index (χ4v) is 0.847. The lowest BCUT2D eigenvalue weighted by molar-refractivity contribution is 0.901. The number of hydrogen-bond donors (Lipinski definition) is 0. The molecule has 0 aromatic carbocycles. The van der Waals surface area contributed by atoms with Gasteiger partial charge in [-0.05, 0) is 6.92 Å². The number of rotatable bonds is 0. The second-order valence-corrected chi connectivity index (χ2v) is 2.07. The third kappa shape index (κ3) is 1.58. The van der Waals surface area contributed by atoms with Gasteiger partial charge < -0.3 is 0 Å². The van der Waals surface area contributed by atoms with Crippen molar-refractivity contribution in [2.75, 3.05) is 0 Å². The zero-order valence-corrected chi connectivity index (χ0v) is 7.52. The van der Waals surface area contributed by atoms with Gasteiger partial charge in [0.05, 0.1) is 24.3 Å². The molecule has 0 aliphatic rings. The molecular formula is C8H12N4. The van der Waals surface area contributed by atoms with Crippen molar-refractivity contribution in [3.05, 3.63) is 24.3 Å². The van der Waals surface area contributed by atoms with Gasteiger partial charge in [0.1, 0.15) is 0 Å². The topological polar surface area (TPSA) is 43.1 Å². The summed E-state index contributed by atoms with van der Waals surface area (Å²) in [7, 11) is 0. The molecule has 64 valence electrons. The van der Waals surface area contributed by atoms with Crippen molar-refractivity contribution in [3.63, 3.8) is 0 Å². The lowest BCUT2D eigenvalue weighted by Gasteiger charge is -1.84. The predicted octanol–water partition coefficient (Wildman–Crippen LogP) is 1.46. The first-order chi connectivity index (χ1) is 5.86. The Hall–Kier alpha value is -1.45. The Morgan fingerprint density at radius 1 is 1.25 bits per heavy atom. The van der Waals surface area contributed by atoms with Gasteiger partial charge in [-0.1, -0.05) is 13.8 Å². The average molecular weight is 164 g/mol. The summed E-state index contributed by atoms with van der Waals surface area (Å²) in [4.78, 5) is 8.09. The van der Waals surface area contributed by atoms with E-state index in [1.165, 1.54) is 0 Å². The summed E-state index contributed by atoms with van der Waals surface area (Å²) in [5.41, 5.74) is 0.936. The van der Waals surface area contributed by atoms with E-state index in [1.807, 2.05) is 27.0 Å². The van der Waals surface area contributed by atoms with E-state index in [-0.39, 0.29) is 0 Å². The van der Waals surface area contributed by atoms with Gasteiger partial charge in [0.15, 0.2) is 0 Å². The van der Waals surface area contributed by atoms with Crippen molar-refractivity contribution < 1.29 is 0 Å². The summed E-state index contributed by atoms with van der Waals surface area (Å²) in [6, 6.07) is 0. The molecule has 0 fully saturated rings. The van der Waals surface area contributed by atoms with Crippen molar-refractivity contribution in [2.24, 2.45) is 0 Å². The minimum absolute atomic E-state index is 0.653. The lowest BCUT2D eigenvalue weighted by atomic mass is 10.6. The number of hydrogen-bond acceptors (Lipinski definition) is 3. The zero-order chi connectivity index (χ0) is 8.97. The Morgan fingerprint density at radius 3 is 2.67 bits per heavy atom. The third-order valence-electron chi connectivity index (χ3n) is 1.24. The predicted molar refractivity (Wildman–Crippen MR) is 46.9 cm³/mol. The van der Waals surface area contributed by atoms with Gasteiger partial charge in [-0.25, -0.2) is 14.5 Å². The van der Waals surface area contributed by atoms with Gasteiger partial charge in [0.2, 0.25) is 0 Å². The molecule has 0 radical (unpaired) electrons. The molecule has 0 aliphatic carbocycles. The number of nitrogens with zero attached hydrogens (tertiary/aromatic N) is 4. The molecular weight excluding hydrogens is 152 g/mol. The van der Waals surface area contributed by atoms with Gasteiger partial charge in [-0.3, -0.25) is 0 Å². The first-order valence-corrected chi connectivity index (χ1v) is 3.99. The van der Waals surface area contributed by atoms with Crippen LogP contribution in [0.1, 0.15) is 19.5 Å². The summed E-state index contributed by atoms with van der Waals surface area (Å²) in [5, 5.41) is 3.99. The Kier molecular flexibility index (Phi) is 2.74. The van der Waals surface area contributed by atoms with E-state index >= 15 is 0 Å². The van der Waals surface area contributed by atoms with E-state index in [2.05, 4.69) is 15.1 Å². The fourth-order valence-electron chi connectivity index (χ4n) is 0.847. The molecule has 0 unspecified atom stereocenters. The van der Waals surface area contributed by atoms with Crippen LogP contribution < -0.4 is 0 Å². The molecule has 2 rings (SSSR count). The smallest absolute Gasteiger partial charge is 0.218 e.